The minimum Gasteiger partial charge on any atom is -0.491 e. The molecule has 0 atom stereocenters. The summed E-state index contributed by atoms with van der Waals surface area (Å²) >= 11 is 0. The number of nitrogens with one attached hydrogen (secondary N) is 1. The average Bonchev–Trinajstić information content (AvgIpc) is 3.55. The maximum atomic E-state index is 13.3. The normalized spacial score (nSPS) is 13.4. The monoisotopic (exact) mass is 578 g/mol. The molecule has 0 bridgehead atoms. The van der Waals surface area contributed by atoms with Crippen molar-refractivity contribution in [3.8, 4) is 17.0 Å². The number of benzene rings is 1. The van der Waals surface area contributed by atoms with Gasteiger partial charge in [0.15, 0.2) is 5.82 Å². The number of fused-ring (bicyclic) bond motifs is 2. The lowest BCUT2D eigenvalue weighted by Crippen LogP contribution is -2.36. The second-order valence-electron chi connectivity index (χ2n) is 9.88. The summed E-state index contributed by atoms with van der Waals surface area (Å²) in [7, 11) is 0. The Balaban J connectivity index is 1.27. The van der Waals surface area contributed by atoms with Crippen molar-refractivity contribution in [2.75, 3.05) is 22.5 Å². The van der Waals surface area contributed by atoms with Crippen LogP contribution in [0.5, 0.6) is 5.75 Å². The van der Waals surface area contributed by atoms with Crippen LogP contribution in [0, 0.1) is 0 Å². The highest BCUT2D eigenvalue weighted by atomic mass is 19.4. The van der Waals surface area contributed by atoms with Crippen LogP contribution in [-0.4, -0.2) is 52.7 Å². The molecule has 216 valence electrons. The molecule has 42 heavy (non-hydrogen) atoms. The van der Waals surface area contributed by atoms with Crippen LogP contribution in [0.2, 0.25) is 0 Å². The molecule has 15 heteroatoms. The second kappa shape index (κ2) is 10.3. The van der Waals surface area contributed by atoms with E-state index in [1.165, 1.54) is 6.20 Å². The number of nitrogen functional groups attached to an aromatic ring is 1. The van der Waals surface area contributed by atoms with Gasteiger partial charge in [-0.1, -0.05) is 12.1 Å². The van der Waals surface area contributed by atoms with Crippen molar-refractivity contribution in [2.24, 2.45) is 0 Å². The zero-order valence-corrected chi connectivity index (χ0v) is 22.5. The van der Waals surface area contributed by atoms with Crippen molar-refractivity contribution in [3.05, 3.63) is 72.2 Å². The number of alkyl halides is 3. The number of carbonyl (C=O) groups is 1. The fourth-order valence-corrected chi connectivity index (χ4v) is 4.80. The number of carbonyl (C=O) groups excluding carboxylic acids is 1. The molecule has 3 N–H and O–H groups in total. The molecular weight excluding hydrogens is 553 g/mol. The van der Waals surface area contributed by atoms with Gasteiger partial charge in [0.1, 0.15) is 28.6 Å². The molecule has 0 unspecified atom stereocenters. The van der Waals surface area contributed by atoms with Crippen molar-refractivity contribution < 1.29 is 22.7 Å². The first kappa shape index (κ1) is 27.0. The Bertz CT molecular complexity index is 1780. The van der Waals surface area contributed by atoms with Crippen LogP contribution in [-0.2, 0) is 19.3 Å². The first-order valence-corrected chi connectivity index (χ1v) is 13.0. The Labute approximate surface area is 237 Å². The number of imidazole rings is 1. The third-order valence-corrected chi connectivity index (χ3v) is 6.62. The minimum absolute atomic E-state index is 0.0235. The smallest absolute Gasteiger partial charge is 0.451 e. The van der Waals surface area contributed by atoms with E-state index in [0.717, 1.165) is 4.57 Å². The summed E-state index contributed by atoms with van der Waals surface area (Å²) in [6.07, 6.45) is 0.145. The van der Waals surface area contributed by atoms with E-state index in [1.807, 2.05) is 18.7 Å². The Morgan fingerprint density at radius 3 is 2.60 bits per heavy atom. The van der Waals surface area contributed by atoms with E-state index in [9.17, 15) is 18.0 Å². The van der Waals surface area contributed by atoms with Crippen LogP contribution in [0.3, 0.4) is 0 Å². The highest BCUT2D eigenvalue weighted by molar-refractivity contribution is 6.04. The summed E-state index contributed by atoms with van der Waals surface area (Å²) in [5.74, 6) is 0.439. The summed E-state index contributed by atoms with van der Waals surface area (Å²) in [4.78, 5) is 27.9. The molecule has 5 aromatic rings. The number of hydrogen-bond donors (Lipinski definition) is 2. The van der Waals surface area contributed by atoms with Gasteiger partial charge in [-0.2, -0.15) is 13.2 Å². The predicted octanol–water partition coefficient (Wildman–Crippen LogP) is 4.04. The third kappa shape index (κ3) is 5.04. The van der Waals surface area contributed by atoms with Gasteiger partial charge in [-0.15, -0.1) is 10.2 Å². The van der Waals surface area contributed by atoms with Gasteiger partial charge in [0.2, 0.25) is 11.8 Å². The fourth-order valence-electron chi connectivity index (χ4n) is 4.80. The summed E-state index contributed by atoms with van der Waals surface area (Å²) in [6.45, 7) is 4.16. The summed E-state index contributed by atoms with van der Waals surface area (Å²) in [6, 6.07) is 10.1. The van der Waals surface area contributed by atoms with E-state index in [1.54, 1.807) is 53.2 Å². The molecule has 6 rings (SSSR count). The van der Waals surface area contributed by atoms with Crippen LogP contribution in [0.4, 0.5) is 30.8 Å². The molecule has 0 saturated heterocycles. The Morgan fingerprint density at radius 1 is 1.07 bits per heavy atom. The van der Waals surface area contributed by atoms with Crippen LogP contribution >= 0.6 is 0 Å². The highest BCUT2D eigenvalue weighted by Gasteiger charge is 2.40. The lowest BCUT2D eigenvalue weighted by atomic mass is 10.1. The van der Waals surface area contributed by atoms with Crippen molar-refractivity contribution in [2.45, 2.75) is 39.2 Å². The number of halogens is 3. The fraction of sp³-hybridized carbons (Fsp3) is 0.259. The van der Waals surface area contributed by atoms with Gasteiger partial charge in [0.05, 0.1) is 12.6 Å². The summed E-state index contributed by atoms with van der Waals surface area (Å²) in [5.41, 5.74) is 8.34. The number of hydrogen-bond acceptors (Lipinski definition) is 9. The zero-order valence-electron chi connectivity index (χ0n) is 22.5. The van der Waals surface area contributed by atoms with Gasteiger partial charge in [-0.25, -0.2) is 15.0 Å². The quantitative estimate of drug-likeness (QED) is 0.305. The molecule has 12 nitrogen and oxygen atoms in total. The van der Waals surface area contributed by atoms with Gasteiger partial charge in [0, 0.05) is 48.9 Å². The molecule has 0 saturated carbocycles. The van der Waals surface area contributed by atoms with Crippen molar-refractivity contribution in [1.29, 1.82) is 0 Å². The summed E-state index contributed by atoms with van der Waals surface area (Å²) in [5, 5.41) is 9.88. The number of amides is 1. The first-order valence-electron chi connectivity index (χ1n) is 13.0. The van der Waals surface area contributed by atoms with Crippen LogP contribution < -0.4 is 20.7 Å². The summed E-state index contributed by atoms with van der Waals surface area (Å²) < 4.78 is 48.4. The van der Waals surface area contributed by atoms with E-state index in [2.05, 4.69) is 25.5 Å². The number of anilines is 3. The van der Waals surface area contributed by atoms with Crippen molar-refractivity contribution in [3.63, 3.8) is 0 Å². The maximum absolute atomic E-state index is 13.3. The Hall–Kier alpha value is -5.21. The number of nitrogens with two attached hydrogens (primary N) is 1. The van der Waals surface area contributed by atoms with E-state index in [0.29, 0.717) is 39.9 Å². The Kier molecular flexibility index (Phi) is 6.63. The predicted molar refractivity (Wildman–Crippen MR) is 147 cm³/mol. The SMILES string of the molecule is CC(C)Oc1ccnc(NC(=O)c2ccc(-c3nc(N4CCn5c(nnc5C(F)(F)F)C4)n4ccnc(N)c34)cc2)c1. The molecule has 1 amide bonds. The molecule has 0 radical (unpaired) electrons. The third-order valence-electron chi connectivity index (χ3n) is 6.62. The molecule has 5 heterocycles. The van der Waals surface area contributed by atoms with Gasteiger partial charge >= 0.3 is 6.18 Å². The van der Waals surface area contributed by atoms with Crippen LogP contribution in [0.15, 0.2) is 55.0 Å². The molecule has 4 aromatic heterocycles. The molecule has 1 aromatic carbocycles. The maximum Gasteiger partial charge on any atom is 0.451 e. The van der Waals surface area contributed by atoms with Gasteiger partial charge in [0.25, 0.3) is 5.91 Å². The van der Waals surface area contributed by atoms with E-state index < -0.39 is 12.0 Å². The molecule has 1 aliphatic heterocycles. The van der Waals surface area contributed by atoms with Crippen molar-refractivity contribution >= 4 is 29.0 Å². The lowest BCUT2D eigenvalue weighted by Gasteiger charge is -2.28. The van der Waals surface area contributed by atoms with Gasteiger partial charge in [-0.05, 0) is 32.0 Å². The molecule has 0 fully saturated rings. The number of rotatable bonds is 6. The molecular formula is C27H25F3N10O2. The number of ether oxygens (including phenoxy) is 1. The largest absolute Gasteiger partial charge is 0.491 e. The van der Waals surface area contributed by atoms with E-state index in [4.69, 9.17) is 15.5 Å². The van der Waals surface area contributed by atoms with E-state index in [-0.39, 0.29) is 43.3 Å². The molecule has 1 aliphatic rings. The second-order valence-corrected chi connectivity index (χ2v) is 9.88. The van der Waals surface area contributed by atoms with Crippen LogP contribution in [0.25, 0.3) is 16.8 Å². The minimum atomic E-state index is -4.59. The van der Waals surface area contributed by atoms with E-state index >= 15 is 0 Å². The topological polar surface area (TPSA) is 141 Å². The number of pyridine rings is 1. The van der Waals surface area contributed by atoms with Gasteiger partial charge in [-0.3, -0.25) is 9.20 Å². The molecule has 0 aliphatic carbocycles. The zero-order chi connectivity index (χ0) is 29.6. The molecule has 0 spiro atoms. The number of aromatic nitrogens is 7. The van der Waals surface area contributed by atoms with Crippen LogP contribution in [0.1, 0.15) is 35.9 Å². The number of nitrogens with zero attached hydrogens (tertiary/aromatic N) is 8. The average molecular weight is 579 g/mol. The Morgan fingerprint density at radius 2 is 1.86 bits per heavy atom. The highest BCUT2D eigenvalue weighted by Crippen LogP contribution is 2.34. The first-order chi connectivity index (χ1) is 20.1. The van der Waals surface area contributed by atoms with Crippen molar-refractivity contribution in [1.82, 2.24) is 34.1 Å². The lowest BCUT2D eigenvalue weighted by molar-refractivity contribution is -0.147. The van der Waals surface area contributed by atoms with Gasteiger partial charge < -0.3 is 25.3 Å². The standard InChI is InChI=1S/C27H25F3N10O2/c1-15(2)42-18-7-8-32-19(13-18)34-24(41)17-5-3-16(4-6-17)21-22-23(31)33-9-10-40(22)26(35-21)38-11-12-39-20(14-38)36-37-25(39)27(28,29)30/h3-10,13,15H,11-12,14H2,1-2H3,(H2,31,33)(H,32,34,41).